The number of nitrogens with one attached hydrogen (secondary N) is 1. The van der Waals surface area contributed by atoms with E-state index in [9.17, 15) is 0 Å². The van der Waals surface area contributed by atoms with Crippen molar-refractivity contribution in [3.63, 3.8) is 0 Å². The van der Waals surface area contributed by atoms with Crippen LogP contribution in [0.4, 0.5) is 0 Å². The number of hydrogen-bond donors (Lipinski definition) is 1. The Labute approximate surface area is 130 Å². The minimum absolute atomic E-state index is 0.460. The number of aliphatic imine (C=N–C) groups is 1. The molecule has 1 spiro atoms. The topological polar surface area (TPSA) is 53.7 Å². The molecule has 6 heteroatoms. The van der Waals surface area contributed by atoms with Crippen molar-refractivity contribution in [3.05, 3.63) is 18.0 Å². The van der Waals surface area contributed by atoms with Gasteiger partial charge in [0, 0.05) is 36.7 Å². The lowest BCUT2D eigenvalue weighted by atomic mass is 9.87. The van der Waals surface area contributed by atoms with Crippen LogP contribution in [0.25, 0.3) is 0 Å². The molecule has 5 nitrogen and oxygen atoms in total. The molecule has 0 unspecified atom stereocenters. The number of guanidine groups is 1. The van der Waals surface area contributed by atoms with Crippen LogP contribution in [0.3, 0.4) is 0 Å². The number of nitrogens with zero attached hydrogens (tertiary/aromatic N) is 3. The highest BCUT2D eigenvalue weighted by atomic mass is 32.2. The maximum absolute atomic E-state index is 4.87. The first kappa shape index (κ1) is 14.8. The largest absolute Gasteiger partial charge is 0.364 e. The fraction of sp³-hybridized carbons (Fsp3) is 0.733. The third-order valence-electron chi connectivity index (χ3n) is 4.44. The molecule has 21 heavy (non-hydrogen) atoms. The monoisotopic (exact) mass is 308 g/mol. The molecule has 1 N–H and O–H groups in total. The van der Waals surface area contributed by atoms with Gasteiger partial charge in [-0.2, -0.15) is 11.8 Å². The zero-order valence-corrected chi connectivity index (χ0v) is 13.5. The minimum atomic E-state index is 0.460. The third kappa shape index (κ3) is 3.54. The zero-order valence-electron chi connectivity index (χ0n) is 12.7. The molecule has 0 bridgehead atoms. The Balaban J connectivity index is 1.60. The Bertz CT molecular complexity index is 463. The Kier molecular flexibility index (Phi) is 4.73. The normalized spacial score (nSPS) is 22.5. The molecule has 0 radical (unpaired) electrons. The van der Waals surface area contributed by atoms with Crippen LogP contribution in [0.15, 0.2) is 21.8 Å². The van der Waals surface area contributed by atoms with Crippen molar-refractivity contribution in [1.82, 2.24) is 15.4 Å². The molecule has 2 aliphatic rings. The molecule has 0 atom stereocenters. The second kappa shape index (κ2) is 6.73. The van der Waals surface area contributed by atoms with Crippen molar-refractivity contribution < 1.29 is 4.52 Å². The fourth-order valence-electron chi connectivity index (χ4n) is 3.35. The minimum Gasteiger partial charge on any atom is -0.364 e. The first-order valence-electron chi connectivity index (χ1n) is 7.80. The first-order chi connectivity index (χ1) is 10.3. The molecule has 0 aromatic carbocycles. The van der Waals surface area contributed by atoms with Crippen molar-refractivity contribution in [3.8, 4) is 0 Å². The van der Waals surface area contributed by atoms with E-state index < -0.39 is 0 Å². The van der Waals surface area contributed by atoms with Crippen molar-refractivity contribution in [2.45, 2.75) is 43.4 Å². The summed E-state index contributed by atoms with van der Waals surface area (Å²) in [5.41, 5.74) is 0.912. The van der Waals surface area contributed by atoms with Gasteiger partial charge in [-0.1, -0.05) is 24.4 Å². The van der Waals surface area contributed by atoms with E-state index in [1.165, 1.54) is 37.9 Å². The van der Waals surface area contributed by atoms with Gasteiger partial charge in [0.25, 0.3) is 0 Å². The average Bonchev–Trinajstić information content (AvgIpc) is 3.02. The highest BCUT2D eigenvalue weighted by molar-refractivity contribution is 8.00. The van der Waals surface area contributed by atoms with Crippen LogP contribution in [0.1, 0.15) is 37.8 Å². The molecule has 1 aromatic rings. The molecule has 1 saturated heterocycles. The van der Waals surface area contributed by atoms with Gasteiger partial charge >= 0.3 is 0 Å². The standard InChI is InChI=1S/C15H24N4OS/c1-16-14(17-11-13-5-9-20-18-13)19-8-10-21-15(12-19)6-3-2-4-7-15/h5,9H,2-4,6-8,10-12H2,1H3,(H,16,17). The summed E-state index contributed by atoms with van der Waals surface area (Å²) < 4.78 is 5.33. The van der Waals surface area contributed by atoms with Gasteiger partial charge in [0.1, 0.15) is 12.0 Å². The maximum atomic E-state index is 4.87. The number of aromatic nitrogens is 1. The lowest BCUT2D eigenvalue weighted by Crippen LogP contribution is -2.53. The molecular formula is C15H24N4OS. The average molecular weight is 308 g/mol. The summed E-state index contributed by atoms with van der Waals surface area (Å²) in [6, 6.07) is 1.88. The second-order valence-corrected chi connectivity index (χ2v) is 7.47. The third-order valence-corrected chi connectivity index (χ3v) is 5.98. The lowest BCUT2D eigenvalue weighted by molar-refractivity contribution is 0.293. The van der Waals surface area contributed by atoms with E-state index in [1.54, 1.807) is 6.26 Å². The van der Waals surface area contributed by atoms with E-state index in [0.29, 0.717) is 11.3 Å². The van der Waals surface area contributed by atoms with Crippen LogP contribution in [0.5, 0.6) is 0 Å². The molecule has 0 amide bonds. The van der Waals surface area contributed by atoms with Gasteiger partial charge in [-0.3, -0.25) is 4.99 Å². The summed E-state index contributed by atoms with van der Waals surface area (Å²) in [5, 5.41) is 7.34. The van der Waals surface area contributed by atoms with Gasteiger partial charge in [0.05, 0.1) is 6.54 Å². The van der Waals surface area contributed by atoms with Crippen molar-refractivity contribution >= 4 is 17.7 Å². The van der Waals surface area contributed by atoms with Crippen LogP contribution in [0, 0.1) is 0 Å². The molecule has 3 rings (SSSR count). The molecule has 1 aromatic heterocycles. The SMILES string of the molecule is CN=C(NCc1ccon1)N1CCSC2(CCCCC2)C1. The van der Waals surface area contributed by atoms with Crippen LogP contribution in [-0.2, 0) is 6.54 Å². The van der Waals surface area contributed by atoms with Gasteiger partial charge < -0.3 is 14.7 Å². The number of thioether (sulfide) groups is 1. The molecule has 116 valence electrons. The Morgan fingerprint density at radius 3 is 3.05 bits per heavy atom. The summed E-state index contributed by atoms with van der Waals surface area (Å²) in [4.78, 5) is 6.87. The van der Waals surface area contributed by atoms with Crippen LogP contribution >= 0.6 is 11.8 Å². The van der Waals surface area contributed by atoms with Gasteiger partial charge in [0.2, 0.25) is 0 Å². The molecular weight excluding hydrogens is 284 g/mol. The first-order valence-corrected chi connectivity index (χ1v) is 8.79. The predicted octanol–water partition coefficient (Wildman–Crippen LogP) is 2.50. The maximum Gasteiger partial charge on any atom is 0.194 e. The van der Waals surface area contributed by atoms with E-state index >= 15 is 0 Å². The van der Waals surface area contributed by atoms with Crippen LogP contribution < -0.4 is 5.32 Å². The highest BCUT2D eigenvalue weighted by Gasteiger charge is 2.38. The molecule has 2 fully saturated rings. The van der Waals surface area contributed by atoms with Gasteiger partial charge in [0.15, 0.2) is 5.96 Å². The second-order valence-electron chi connectivity index (χ2n) is 5.91. The lowest BCUT2D eigenvalue weighted by Gasteiger charge is -2.45. The van der Waals surface area contributed by atoms with Gasteiger partial charge in [-0.05, 0) is 12.8 Å². The highest BCUT2D eigenvalue weighted by Crippen LogP contribution is 2.42. The fourth-order valence-corrected chi connectivity index (χ4v) is 4.92. The molecule has 1 aliphatic heterocycles. The number of rotatable bonds is 2. The quantitative estimate of drug-likeness (QED) is 0.672. The van der Waals surface area contributed by atoms with E-state index in [0.717, 1.165) is 24.7 Å². The van der Waals surface area contributed by atoms with Gasteiger partial charge in [-0.15, -0.1) is 0 Å². The molecule has 1 aliphatic carbocycles. The van der Waals surface area contributed by atoms with Crippen LogP contribution in [-0.4, -0.2) is 46.7 Å². The van der Waals surface area contributed by atoms with Crippen LogP contribution in [0.2, 0.25) is 0 Å². The molecule has 2 heterocycles. The van der Waals surface area contributed by atoms with Gasteiger partial charge in [-0.25, -0.2) is 0 Å². The van der Waals surface area contributed by atoms with Crippen molar-refractivity contribution in [2.75, 3.05) is 25.9 Å². The van der Waals surface area contributed by atoms with E-state index in [1.807, 2.05) is 13.1 Å². The summed E-state index contributed by atoms with van der Waals surface area (Å²) in [6.07, 6.45) is 8.48. The van der Waals surface area contributed by atoms with E-state index in [4.69, 9.17) is 4.52 Å². The summed E-state index contributed by atoms with van der Waals surface area (Å²) in [7, 11) is 1.86. The predicted molar refractivity (Wildman–Crippen MR) is 86.5 cm³/mol. The zero-order chi connectivity index (χ0) is 14.5. The summed E-state index contributed by atoms with van der Waals surface area (Å²) in [6.45, 7) is 2.86. The summed E-state index contributed by atoms with van der Waals surface area (Å²) in [5.74, 6) is 2.19. The summed E-state index contributed by atoms with van der Waals surface area (Å²) >= 11 is 2.18. The number of hydrogen-bond acceptors (Lipinski definition) is 4. The van der Waals surface area contributed by atoms with E-state index in [-0.39, 0.29) is 0 Å². The smallest absolute Gasteiger partial charge is 0.194 e. The Morgan fingerprint density at radius 2 is 2.33 bits per heavy atom. The Morgan fingerprint density at radius 1 is 1.48 bits per heavy atom. The Hall–Kier alpha value is -1.17. The van der Waals surface area contributed by atoms with Crippen molar-refractivity contribution in [2.24, 2.45) is 4.99 Å². The van der Waals surface area contributed by atoms with E-state index in [2.05, 4.69) is 32.1 Å². The molecule has 1 saturated carbocycles. The van der Waals surface area contributed by atoms with Crippen molar-refractivity contribution in [1.29, 1.82) is 0 Å².